The summed E-state index contributed by atoms with van der Waals surface area (Å²) in [4.78, 5) is 22.8. The molecule has 1 amide bonds. The number of likely N-dealkylation sites (N-methyl/N-ethyl adjacent to an activating group) is 1. The van der Waals surface area contributed by atoms with Gasteiger partial charge < -0.3 is 10.1 Å². The van der Waals surface area contributed by atoms with E-state index in [1.807, 2.05) is 0 Å². The van der Waals surface area contributed by atoms with Crippen molar-refractivity contribution >= 4 is 33.2 Å². The maximum absolute atomic E-state index is 12.1. The summed E-state index contributed by atoms with van der Waals surface area (Å²) in [6.07, 6.45) is 0. The highest BCUT2D eigenvalue weighted by atomic mass is 32.2. The molecule has 0 bridgehead atoms. The highest BCUT2D eigenvalue weighted by molar-refractivity contribution is 7.91. The zero-order valence-corrected chi connectivity index (χ0v) is 13.0. The number of ether oxygens (including phenoxy) is 1. The summed E-state index contributed by atoms with van der Waals surface area (Å²) in [5.74, 6) is -1.17. The van der Waals surface area contributed by atoms with Crippen molar-refractivity contribution in [1.82, 2.24) is 9.62 Å². The molecule has 1 N–H and O–H groups in total. The third kappa shape index (κ3) is 4.02. The van der Waals surface area contributed by atoms with Gasteiger partial charge >= 0.3 is 5.97 Å². The molecule has 0 saturated carbocycles. The van der Waals surface area contributed by atoms with Gasteiger partial charge in [0.2, 0.25) is 5.91 Å². The largest absolute Gasteiger partial charge is 0.467 e. The van der Waals surface area contributed by atoms with Crippen LogP contribution in [0.3, 0.4) is 0 Å². The number of carbonyl (C=O) groups is 2. The Balaban J connectivity index is 2.65. The lowest BCUT2D eigenvalue weighted by molar-refractivity contribution is -0.144. The van der Waals surface area contributed by atoms with Crippen molar-refractivity contribution in [3.8, 4) is 0 Å². The number of thiophene rings is 1. The Morgan fingerprint density at radius 3 is 2.65 bits per heavy atom. The molecular weight excluding hydrogens is 304 g/mol. The van der Waals surface area contributed by atoms with Crippen molar-refractivity contribution < 1.29 is 22.7 Å². The molecule has 0 fully saturated rings. The van der Waals surface area contributed by atoms with Gasteiger partial charge in [-0.05, 0) is 18.4 Å². The molecule has 1 aromatic rings. The molecule has 1 heterocycles. The van der Waals surface area contributed by atoms with E-state index in [1.54, 1.807) is 11.4 Å². The van der Waals surface area contributed by atoms with E-state index in [-0.39, 0.29) is 10.8 Å². The van der Waals surface area contributed by atoms with Gasteiger partial charge in [0.15, 0.2) is 0 Å². The van der Waals surface area contributed by atoms with Crippen molar-refractivity contribution in [2.24, 2.45) is 0 Å². The average Bonchev–Trinajstić information content (AvgIpc) is 2.91. The van der Waals surface area contributed by atoms with E-state index in [0.29, 0.717) is 0 Å². The highest BCUT2D eigenvalue weighted by Crippen LogP contribution is 2.19. The number of carbonyl (C=O) groups excluding carboxylic acids is 2. The van der Waals surface area contributed by atoms with Crippen LogP contribution < -0.4 is 5.32 Å². The minimum atomic E-state index is -3.68. The molecule has 0 saturated heterocycles. The van der Waals surface area contributed by atoms with E-state index in [9.17, 15) is 18.0 Å². The lowest BCUT2D eigenvalue weighted by Crippen LogP contribution is -2.44. The third-order valence-electron chi connectivity index (χ3n) is 2.46. The topological polar surface area (TPSA) is 92.8 Å². The van der Waals surface area contributed by atoms with E-state index in [2.05, 4.69) is 10.1 Å². The van der Waals surface area contributed by atoms with Gasteiger partial charge in [-0.1, -0.05) is 6.07 Å². The van der Waals surface area contributed by atoms with Crippen molar-refractivity contribution in [3.63, 3.8) is 0 Å². The molecule has 7 nitrogen and oxygen atoms in total. The highest BCUT2D eigenvalue weighted by Gasteiger charge is 2.25. The standard InChI is InChI=1S/C11H16N2O5S2/c1-8(11(15)18-3)12-9(14)7-13(2)20(16,17)10-5-4-6-19-10/h4-6,8H,7H2,1-3H3,(H,12,14). The van der Waals surface area contributed by atoms with E-state index in [0.717, 1.165) is 15.6 Å². The number of nitrogens with zero attached hydrogens (tertiary/aromatic N) is 1. The van der Waals surface area contributed by atoms with Gasteiger partial charge in [0, 0.05) is 7.05 Å². The van der Waals surface area contributed by atoms with Crippen LogP contribution >= 0.6 is 11.3 Å². The second kappa shape index (κ2) is 6.82. The van der Waals surface area contributed by atoms with Gasteiger partial charge in [0.25, 0.3) is 10.0 Å². The minimum Gasteiger partial charge on any atom is -0.467 e. The zero-order chi connectivity index (χ0) is 15.3. The van der Waals surface area contributed by atoms with Crippen molar-refractivity contribution in [2.45, 2.75) is 17.2 Å². The van der Waals surface area contributed by atoms with Crippen LogP contribution in [0.15, 0.2) is 21.7 Å². The number of methoxy groups -OCH3 is 1. The van der Waals surface area contributed by atoms with Gasteiger partial charge in [-0.2, -0.15) is 4.31 Å². The van der Waals surface area contributed by atoms with Crippen molar-refractivity contribution in [3.05, 3.63) is 17.5 Å². The Kier molecular flexibility index (Phi) is 5.66. The molecule has 0 radical (unpaired) electrons. The molecule has 1 atom stereocenters. The minimum absolute atomic E-state index is 0.161. The number of hydrogen-bond donors (Lipinski definition) is 1. The first-order chi connectivity index (χ1) is 9.28. The summed E-state index contributed by atoms with van der Waals surface area (Å²) in [7, 11) is -1.17. The Bertz CT molecular complexity index is 568. The predicted molar refractivity (Wildman–Crippen MR) is 73.8 cm³/mol. The number of amides is 1. The Morgan fingerprint density at radius 1 is 1.50 bits per heavy atom. The lowest BCUT2D eigenvalue weighted by Gasteiger charge is -2.17. The Hall–Kier alpha value is -1.45. The molecule has 1 aromatic heterocycles. The number of nitrogens with one attached hydrogen (secondary N) is 1. The number of hydrogen-bond acceptors (Lipinski definition) is 6. The molecule has 0 spiro atoms. The summed E-state index contributed by atoms with van der Waals surface area (Å²) in [6, 6.07) is 2.25. The summed E-state index contributed by atoms with van der Waals surface area (Å²) >= 11 is 1.07. The van der Waals surface area contributed by atoms with Gasteiger partial charge in [-0.3, -0.25) is 4.79 Å². The Morgan fingerprint density at radius 2 is 2.15 bits per heavy atom. The van der Waals surface area contributed by atoms with Crippen molar-refractivity contribution in [2.75, 3.05) is 20.7 Å². The van der Waals surface area contributed by atoms with Crippen LogP contribution in [0.2, 0.25) is 0 Å². The molecule has 0 aliphatic rings. The fourth-order valence-corrected chi connectivity index (χ4v) is 3.70. The lowest BCUT2D eigenvalue weighted by atomic mass is 10.3. The molecule has 20 heavy (non-hydrogen) atoms. The van der Waals surface area contributed by atoms with Crippen LogP contribution in [-0.2, 0) is 24.3 Å². The first kappa shape index (κ1) is 16.6. The summed E-state index contributed by atoms with van der Waals surface area (Å²) in [6.45, 7) is 1.08. The van der Waals surface area contributed by atoms with E-state index >= 15 is 0 Å². The summed E-state index contributed by atoms with van der Waals surface area (Å²) in [5, 5.41) is 4.00. The molecular formula is C11H16N2O5S2. The first-order valence-corrected chi connectivity index (χ1v) is 7.98. The molecule has 1 rings (SSSR count). The van der Waals surface area contributed by atoms with Gasteiger partial charge in [-0.25, -0.2) is 13.2 Å². The van der Waals surface area contributed by atoms with Gasteiger partial charge in [-0.15, -0.1) is 11.3 Å². The summed E-state index contributed by atoms with van der Waals surface area (Å²) in [5.41, 5.74) is 0. The fourth-order valence-electron chi connectivity index (χ4n) is 1.37. The normalized spacial score (nSPS) is 13.0. The SMILES string of the molecule is COC(=O)C(C)NC(=O)CN(C)S(=O)(=O)c1cccs1. The molecule has 0 aliphatic heterocycles. The summed E-state index contributed by atoms with van der Waals surface area (Å²) < 4.78 is 29.7. The molecule has 9 heteroatoms. The van der Waals surface area contributed by atoms with Gasteiger partial charge in [0.05, 0.1) is 13.7 Å². The van der Waals surface area contributed by atoms with Crippen molar-refractivity contribution in [1.29, 1.82) is 0 Å². The maximum Gasteiger partial charge on any atom is 0.328 e. The van der Waals surface area contributed by atoms with Crippen LogP contribution in [0.25, 0.3) is 0 Å². The van der Waals surface area contributed by atoms with Crippen LogP contribution in [-0.4, -0.2) is 51.3 Å². The maximum atomic E-state index is 12.1. The molecule has 112 valence electrons. The van der Waals surface area contributed by atoms with Crippen LogP contribution in [0.1, 0.15) is 6.92 Å². The number of esters is 1. The first-order valence-electron chi connectivity index (χ1n) is 5.66. The molecule has 0 aromatic carbocycles. The number of sulfonamides is 1. The van der Waals surface area contributed by atoms with Crippen LogP contribution in [0.4, 0.5) is 0 Å². The third-order valence-corrected chi connectivity index (χ3v) is 5.63. The second-order valence-electron chi connectivity index (χ2n) is 4.01. The van der Waals surface area contributed by atoms with Crippen LogP contribution in [0.5, 0.6) is 0 Å². The molecule has 1 unspecified atom stereocenters. The monoisotopic (exact) mass is 320 g/mol. The zero-order valence-electron chi connectivity index (χ0n) is 11.3. The second-order valence-corrected chi connectivity index (χ2v) is 7.22. The number of rotatable bonds is 6. The van der Waals surface area contributed by atoms with E-state index in [1.165, 1.54) is 27.1 Å². The fraction of sp³-hybridized carbons (Fsp3) is 0.455. The predicted octanol–water partition coefficient (Wildman–Crippen LogP) is 0.0463. The smallest absolute Gasteiger partial charge is 0.328 e. The van der Waals surface area contributed by atoms with E-state index < -0.39 is 27.9 Å². The van der Waals surface area contributed by atoms with E-state index in [4.69, 9.17) is 0 Å². The molecule has 0 aliphatic carbocycles. The quantitative estimate of drug-likeness (QED) is 0.748. The average molecular weight is 320 g/mol. The van der Waals surface area contributed by atoms with Gasteiger partial charge in [0.1, 0.15) is 10.3 Å². The van der Waals surface area contributed by atoms with Crippen LogP contribution in [0, 0.1) is 0 Å². The Labute approximate surface area is 121 Å².